The van der Waals surface area contributed by atoms with Gasteiger partial charge in [0.2, 0.25) is 0 Å². The summed E-state index contributed by atoms with van der Waals surface area (Å²) in [6.07, 6.45) is 8.30. The Balaban J connectivity index is 2.27. The van der Waals surface area contributed by atoms with Crippen LogP contribution in [0, 0.1) is 17.8 Å². The number of methoxy groups -OCH3 is 1. The molecule has 2 nitrogen and oxygen atoms in total. The molecule has 1 N–H and O–H groups in total. The maximum atomic E-state index is 5.13. The van der Waals surface area contributed by atoms with Crippen LogP contribution in [0.1, 0.15) is 52.4 Å². The second-order valence-electron chi connectivity index (χ2n) is 5.73. The molecule has 0 aliphatic heterocycles. The average molecular weight is 241 g/mol. The first kappa shape index (κ1) is 15.0. The Labute approximate surface area is 108 Å². The van der Waals surface area contributed by atoms with Gasteiger partial charge in [0.1, 0.15) is 0 Å². The van der Waals surface area contributed by atoms with Crippen molar-refractivity contribution in [1.82, 2.24) is 5.32 Å². The fraction of sp³-hybridized carbons (Fsp3) is 1.00. The summed E-state index contributed by atoms with van der Waals surface area (Å²) in [5.74, 6) is 2.82. The van der Waals surface area contributed by atoms with Gasteiger partial charge in [0.05, 0.1) is 0 Å². The van der Waals surface area contributed by atoms with Crippen LogP contribution < -0.4 is 5.32 Å². The summed E-state index contributed by atoms with van der Waals surface area (Å²) in [6.45, 7) is 7.91. The lowest BCUT2D eigenvalue weighted by Gasteiger charge is -2.35. The van der Waals surface area contributed by atoms with E-state index in [1.54, 1.807) is 7.11 Å². The number of nitrogens with one attached hydrogen (secondary N) is 1. The van der Waals surface area contributed by atoms with E-state index in [0.29, 0.717) is 0 Å². The molecule has 0 aromatic carbocycles. The smallest absolute Gasteiger partial charge is 0.0462 e. The van der Waals surface area contributed by atoms with Gasteiger partial charge < -0.3 is 10.1 Å². The highest BCUT2D eigenvalue weighted by Gasteiger charge is 2.27. The second-order valence-corrected chi connectivity index (χ2v) is 5.73. The zero-order chi connectivity index (χ0) is 12.5. The van der Waals surface area contributed by atoms with Gasteiger partial charge in [0, 0.05) is 13.7 Å². The third kappa shape index (κ3) is 5.87. The van der Waals surface area contributed by atoms with Crippen molar-refractivity contribution in [3.63, 3.8) is 0 Å². The van der Waals surface area contributed by atoms with Gasteiger partial charge >= 0.3 is 0 Å². The van der Waals surface area contributed by atoms with Crippen LogP contribution in [-0.4, -0.2) is 26.8 Å². The molecule has 0 spiro atoms. The van der Waals surface area contributed by atoms with Gasteiger partial charge in [-0.3, -0.25) is 0 Å². The van der Waals surface area contributed by atoms with E-state index in [1.807, 2.05) is 0 Å². The van der Waals surface area contributed by atoms with Crippen LogP contribution in [0.4, 0.5) is 0 Å². The van der Waals surface area contributed by atoms with E-state index >= 15 is 0 Å². The number of hydrogen-bond donors (Lipinski definition) is 1. The molecule has 1 fully saturated rings. The highest BCUT2D eigenvalue weighted by Crippen LogP contribution is 2.36. The molecular formula is C15H31NO. The van der Waals surface area contributed by atoms with Crippen LogP contribution >= 0.6 is 0 Å². The van der Waals surface area contributed by atoms with Crippen LogP contribution in [-0.2, 0) is 4.74 Å². The normalized spacial score (nSPS) is 29.5. The summed E-state index contributed by atoms with van der Waals surface area (Å²) in [7, 11) is 1.80. The van der Waals surface area contributed by atoms with E-state index in [0.717, 1.165) is 30.9 Å². The summed E-state index contributed by atoms with van der Waals surface area (Å²) >= 11 is 0. The van der Waals surface area contributed by atoms with Crippen LogP contribution in [0.25, 0.3) is 0 Å². The first-order chi connectivity index (χ1) is 8.27. The maximum Gasteiger partial charge on any atom is 0.0462 e. The van der Waals surface area contributed by atoms with Gasteiger partial charge in [0.25, 0.3) is 0 Å². The predicted octanol–water partition coefficient (Wildman–Crippen LogP) is 3.47. The van der Waals surface area contributed by atoms with Gasteiger partial charge in [-0.05, 0) is 50.1 Å². The molecule has 0 bridgehead atoms. The van der Waals surface area contributed by atoms with E-state index in [2.05, 4.69) is 19.2 Å². The second kappa shape index (κ2) is 8.93. The highest BCUT2D eigenvalue weighted by molar-refractivity contribution is 4.80. The third-order valence-electron chi connectivity index (χ3n) is 4.23. The topological polar surface area (TPSA) is 21.3 Å². The fourth-order valence-electron chi connectivity index (χ4n) is 3.17. The van der Waals surface area contributed by atoms with Crippen molar-refractivity contribution in [2.75, 3.05) is 26.8 Å². The van der Waals surface area contributed by atoms with E-state index in [9.17, 15) is 0 Å². The minimum Gasteiger partial charge on any atom is -0.385 e. The molecule has 102 valence electrons. The van der Waals surface area contributed by atoms with Crippen LogP contribution in [0.2, 0.25) is 0 Å². The minimum absolute atomic E-state index is 0.925. The van der Waals surface area contributed by atoms with Crippen molar-refractivity contribution in [1.29, 1.82) is 0 Å². The molecule has 1 saturated carbocycles. The lowest BCUT2D eigenvalue weighted by atomic mass is 9.72. The Morgan fingerprint density at radius 3 is 2.71 bits per heavy atom. The van der Waals surface area contributed by atoms with Crippen molar-refractivity contribution in [2.24, 2.45) is 17.8 Å². The van der Waals surface area contributed by atoms with Crippen molar-refractivity contribution in [3.05, 3.63) is 0 Å². The van der Waals surface area contributed by atoms with E-state index < -0.39 is 0 Å². The summed E-state index contributed by atoms with van der Waals surface area (Å²) in [6, 6.07) is 0. The molecule has 0 heterocycles. The molecule has 0 amide bonds. The van der Waals surface area contributed by atoms with E-state index in [4.69, 9.17) is 4.74 Å². The monoisotopic (exact) mass is 241 g/mol. The molecule has 17 heavy (non-hydrogen) atoms. The third-order valence-corrected chi connectivity index (χ3v) is 4.23. The van der Waals surface area contributed by atoms with Crippen LogP contribution in [0.5, 0.6) is 0 Å². The quantitative estimate of drug-likeness (QED) is 0.657. The van der Waals surface area contributed by atoms with Gasteiger partial charge in [-0.15, -0.1) is 0 Å². The highest BCUT2D eigenvalue weighted by atomic mass is 16.5. The molecule has 0 aromatic heterocycles. The van der Waals surface area contributed by atoms with Crippen molar-refractivity contribution < 1.29 is 4.74 Å². The molecule has 0 saturated heterocycles. The summed E-state index contributed by atoms with van der Waals surface area (Å²) in [5, 5.41) is 3.54. The largest absolute Gasteiger partial charge is 0.385 e. The average Bonchev–Trinajstić information content (AvgIpc) is 2.33. The van der Waals surface area contributed by atoms with Gasteiger partial charge in [-0.1, -0.05) is 33.1 Å². The maximum absolute atomic E-state index is 5.13. The first-order valence-electron chi connectivity index (χ1n) is 7.47. The Kier molecular flexibility index (Phi) is 7.87. The Bertz CT molecular complexity index is 182. The van der Waals surface area contributed by atoms with Crippen molar-refractivity contribution in [2.45, 2.75) is 52.4 Å². The Hall–Kier alpha value is -0.0800. The molecule has 3 atom stereocenters. The zero-order valence-electron chi connectivity index (χ0n) is 12.0. The number of hydrogen-bond acceptors (Lipinski definition) is 2. The van der Waals surface area contributed by atoms with E-state index in [1.165, 1.54) is 45.1 Å². The van der Waals surface area contributed by atoms with Gasteiger partial charge in [0.15, 0.2) is 0 Å². The summed E-state index contributed by atoms with van der Waals surface area (Å²) in [4.78, 5) is 0. The molecule has 1 rings (SSSR count). The summed E-state index contributed by atoms with van der Waals surface area (Å²) in [5.41, 5.74) is 0. The lowest BCUT2D eigenvalue weighted by molar-refractivity contribution is 0.158. The van der Waals surface area contributed by atoms with Crippen LogP contribution in [0.15, 0.2) is 0 Å². The molecular weight excluding hydrogens is 210 g/mol. The molecule has 3 unspecified atom stereocenters. The molecule has 0 radical (unpaired) electrons. The van der Waals surface area contributed by atoms with Gasteiger partial charge in [-0.25, -0.2) is 0 Å². The van der Waals surface area contributed by atoms with Crippen molar-refractivity contribution in [3.8, 4) is 0 Å². The molecule has 1 aliphatic rings. The Morgan fingerprint density at radius 1 is 1.18 bits per heavy atom. The van der Waals surface area contributed by atoms with Crippen molar-refractivity contribution >= 4 is 0 Å². The van der Waals surface area contributed by atoms with Crippen LogP contribution in [0.3, 0.4) is 0 Å². The molecule has 1 aliphatic carbocycles. The number of unbranched alkanes of at least 4 members (excludes halogenated alkanes) is 1. The molecule has 2 heteroatoms. The SMILES string of the molecule is CCNCC1CCC(C)CC1CCCCOC. The molecule has 0 aromatic rings. The number of ether oxygens (including phenoxy) is 1. The first-order valence-corrected chi connectivity index (χ1v) is 7.47. The lowest BCUT2D eigenvalue weighted by Crippen LogP contribution is -2.32. The zero-order valence-corrected chi connectivity index (χ0v) is 12.0. The van der Waals surface area contributed by atoms with E-state index in [-0.39, 0.29) is 0 Å². The summed E-state index contributed by atoms with van der Waals surface area (Å²) < 4.78 is 5.13. The predicted molar refractivity (Wildman–Crippen MR) is 74.3 cm³/mol. The Morgan fingerprint density at radius 2 is 2.00 bits per heavy atom. The fourth-order valence-corrected chi connectivity index (χ4v) is 3.17. The number of rotatable bonds is 8. The minimum atomic E-state index is 0.925. The standard InChI is InChI=1S/C15H31NO/c1-4-16-12-15-9-8-13(2)11-14(15)7-5-6-10-17-3/h13-16H,4-12H2,1-3H3. The van der Waals surface area contributed by atoms with Gasteiger partial charge in [-0.2, -0.15) is 0 Å².